The van der Waals surface area contributed by atoms with E-state index in [0.717, 1.165) is 0 Å². The lowest BCUT2D eigenvalue weighted by molar-refractivity contribution is -0.116. The van der Waals surface area contributed by atoms with E-state index in [1.807, 2.05) is 0 Å². The van der Waals surface area contributed by atoms with E-state index in [0.29, 0.717) is 48.4 Å². The summed E-state index contributed by atoms with van der Waals surface area (Å²) < 4.78 is 0. The predicted molar refractivity (Wildman–Crippen MR) is 86.1 cm³/mol. The van der Waals surface area contributed by atoms with Crippen molar-refractivity contribution < 1.29 is 4.79 Å². The van der Waals surface area contributed by atoms with E-state index in [1.54, 1.807) is 18.2 Å². The number of carbonyl (C=O) groups excluding carboxylic acids is 1. The Kier molecular flexibility index (Phi) is 7.00. The Morgan fingerprint density at radius 2 is 2.19 bits per heavy atom. The van der Waals surface area contributed by atoms with Gasteiger partial charge in [-0.25, -0.2) is 0 Å². The molecule has 0 unspecified atom stereocenters. The summed E-state index contributed by atoms with van der Waals surface area (Å²) in [6, 6.07) is 7.43. The molecule has 0 aliphatic rings. The number of carbonyl (C=O) groups is 1. The minimum atomic E-state index is -0.0840. The van der Waals surface area contributed by atoms with E-state index in [1.165, 1.54) is 0 Å². The highest BCUT2D eigenvalue weighted by Gasteiger charge is 2.11. The highest BCUT2D eigenvalue weighted by molar-refractivity contribution is 6.33. The first kappa shape index (κ1) is 17.3. The zero-order valence-electron chi connectivity index (χ0n) is 12.4. The third kappa shape index (κ3) is 6.03. The summed E-state index contributed by atoms with van der Waals surface area (Å²) >= 11 is 5.83. The minimum Gasteiger partial charge on any atom is -0.397 e. The topological polar surface area (TPSA) is 82.2 Å². The van der Waals surface area contributed by atoms with Gasteiger partial charge in [0.25, 0.3) is 0 Å². The molecule has 1 aromatic rings. The molecule has 0 atom stereocenters. The molecule has 0 saturated carbocycles. The number of hydrogen-bond donors (Lipinski definition) is 2. The van der Waals surface area contributed by atoms with Crippen molar-refractivity contribution in [3.05, 3.63) is 23.2 Å². The molecule has 0 saturated heterocycles. The molecule has 0 aliphatic heterocycles. The van der Waals surface area contributed by atoms with Crippen LogP contribution in [-0.4, -0.2) is 29.9 Å². The Balaban J connectivity index is 2.49. The molecule has 0 radical (unpaired) electrons. The quantitative estimate of drug-likeness (QED) is 0.759. The molecule has 114 valence electrons. The lowest BCUT2D eigenvalue weighted by atomic mass is 10.2. The number of halogens is 1. The van der Waals surface area contributed by atoms with Gasteiger partial charge in [-0.05, 0) is 32.0 Å². The van der Waals surface area contributed by atoms with Crippen LogP contribution in [0.2, 0.25) is 5.02 Å². The highest BCUT2D eigenvalue weighted by atomic mass is 35.5. The van der Waals surface area contributed by atoms with Gasteiger partial charge in [0.05, 0.1) is 16.8 Å². The van der Waals surface area contributed by atoms with Crippen LogP contribution < -0.4 is 11.1 Å². The number of nitrogens with two attached hydrogens (primary N) is 1. The molecule has 6 heteroatoms. The summed E-state index contributed by atoms with van der Waals surface area (Å²) in [6.07, 6.45) is 0.833. The average molecular weight is 309 g/mol. The molecule has 1 amide bonds. The largest absolute Gasteiger partial charge is 0.397 e. The van der Waals surface area contributed by atoms with Crippen molar-refractivity contribution in [1.29, 1.82) is 5.26 Å². The maximum atomic E-state index is 11.9. The van der Waals surface area contributed by atoms with Crippen molar-refractivity contribution in [2.24, 2.45) is 0 Å². The van der Waals surface area contributed by atoms with E-state index < -0.39 is 0 Å². The first-order valence-corrected chi connectivity index (χ1v) is 7.27. The summed E-state index contributed by atoms with van der Waals surface area (Å²) in [5.74, 6) is -0.0840. The lowest BCUT2D eigenvalue weighted by Crippen LogP contribution is -2.34. The van der Waals surface area contributed by atoms with Gasteiger partial charge in [0.1, 0.15) is 0 Å². The van der Waals surface area contributed by atoms with Crippen molar-refractivity contribution in [3.63, 3.8) is 0 Å². The molecule has 0 bridgehead atoms. The number of nitrogens with zero attached hydrogens (tertiary/aromatic N) is 2. The fourth-order valence-electron chi connectivity index (χ4n) is 1.91. The molecule has 5 nitrogen and oxygen atoms in total. The van der Waals surface area contributed by atoms with Crippen LogP contribution in [0.1, 0.15) is 26.7 Å². The van der Waals surface area contributed by atoms with Crippen LogP contribution in [-0.2, 0) is 4.79 Å². The molecule has 1 rings (SSSR count). The third-order valence-electron chi connectivity index (χ3n) is 3.15. The highest BCUT2D eigenvalue weighted by Crippen LogP contribution is 2.22. The van der Waals surface area contributed by atoms with E-state index in [4.69, 9.17) is 22.6 Å². The van der Waals surface area contributed by atoms with Gasteiger partial charge in [0.2, 0.25) is 5.91 Å². The Morgan fingerprint density at radius 1 is 1.48 bits per heavy atom. The standard InChI is InChI=1S/C15H21ClN4O/c1-11(2)20(8-3-7-17)9-6-15(21)19-12-4-5-13(16)14(18)10-12/h4-5,10-11H,3,6,8-9,18H2,1-2H3,(H,19,21). The van der Waals surface area contributed by atoms with Gasteiger partial charge in [0.15, 0.2) is 0 Å². The molecular weight excluding hydrogens is 288 g/mol. The predicted octanol–water partition coefficient (Wildman–Crippen LogP) is 2.87. The Hall–Kier alpha value is -1.77. The lowest BCUT2D eigenvalue weighted by Gasteiger charge is -2.25. The number of nitrogen functional groups attached to an aromatic ring is 1. The normalized spacial score (nSPS) is 10.7. The first-order chi connectivity index (χ1) is 9.93. The van der Waals surface area contributed by atoms with Gasteiger partial charge >= 0.3 is 0 Å². The van der Waals surface area contributed by atoms with E-state index in [-0.39, 0.29) is 5.91 Å². The van der Waals surface area contributed by atoms with Crippen molar-refractivity contribution in [1.82, 2.24) is 4.90 Å². The van der Waals surface area contributed by atoms with E-state index >= 15 is 0 Å². The second-order valence-electron chi connectivity index (χ2n) is 5.07. The molecule has 0 fully saturated rings. The molecule has 1 aromatic carbocycles. The van der Waals surface area contributed by atoms with Crippen molar-refractivity contribution >= 4 is 28.9 Å². The van der Waals surface area contributed by atoms with Crippen LogP contribution in [0, 0.1) is 11.3 Å². The number of benzene rings is 1. The Morgan fingerprint density at radius 3 is 2.76 bits per heavy atom. The zero-order chi connectivity index (χ0) is 15.8. The van der Waals surface area contributed by atoms with Crippen LogP contribution >= 0.6 is 11.6 Å². The SMILES string of the molecule is CC(C)N(CCC#N)CCC(=O)Nc1ccc(Cl)c(N)c1. The molecular formula is C15H21ClN4O. The minimum absolute atomic E-state index is 0.0840. The second-order valence-corrected chi connectivity index (χ2v) is 5.48. The summed E-state index contributed by atoms with van der Waals surface area (Å²) in [6.45, 7) is 5.40. The van der Waals surface area contributed by atoms with Gasteiger partial charge in [-0.1, -0.05) is 11.6 Å². The maximum Gasteiger partial charge on any atom is 0.225 e. The Bertz CT molecular complexity index is 525. The Labute approximate surface area is 130 Å². The number of amides is 1. The molecule has 0 aromatic heterocycles. The fourth-order valence-corrected chi connectivity index (χ4v) is 2.03. The summed E-state index contributed by atoms with van der Waals surface area (Å²) in [4.78, 5) is 14.0. The van der Waals surface area contributed by atoms with Crippen LogP contribution in [0.3, 0.4) is 0 Å². The van der Waals surface area contributed by atoms with Crippen LogP contribution in [0.25, 0.3) is 0 Å². The average Bonchev–Trinajstić information content (AvgIpc) is 2.42. The smallest absolute Gasteiger partial charge is 0.225 e. The molecule has 0 heterocycles. The van der Waals surface area contributed by atoms with Gasteiger partial charge in [-0.3, -0.25) is 9.69 Å². The van der Waals surface area contributed by atoms with E-state index in [2.05, 4.69) is 30.1 Å². The van der Waals surface area contributed by atoms with Gasteiger partial charge < -0.3 is 11.1 Å². The van der Waals surface area contributed by atoms with Crippen molar-refractivity contribution in [3.8, 4) is 6.07 Å². The van der Waals surface area contributed by atoms with Crippen molar-refractivity contribution in [2.75, 3.05) is 24.1 Å². The first-order valence-electron chi connectivity index (χ1n) is 6.90. The van der Waals surface area contributed by atoms with Gasteiger partial charge in [-0.15, -0.1) is 0 Å². The number of rotatable bonds is 7. The summed E-state index contributed by atoms with van der Waals surface area (Å²) in [7, 11) is 0. The zero-order valence-corrected chi connectivity index (χ0v) is 13.2. The summed E-state index contributed by atoms with van der Waals surface area (Å²) in [5.41, 5.74) is 6.76. The third-order valence-corrected chi connectivity index (χ3v) is 3.49. The number of nitrogens with one attached hydrogen (secondary N) is 1. The fraction of sp³-hybridized carbons (Fsp3) is 0.467. The van der Waals surface area contributed by atoms with Gasteiger partial charge in [-0.2, -0.15) is 5.26 Å². The van der Waals surface area contributed by atoms with E-state index in [9.17, 15) is 4.79 Å². The molecule has 3 N–H and O–H groups in total. The van der Waals surface area contributed by atoms with Crippen LogP contribution in [0.5, 0.6) is 0 Å². The number of nitriles is 1. The number of hydrogen-bond acceptors (Lipinski definition) is 4. The molecule has 0 spiro atoms. The van der Waals surface area contributed by atoms with Gasteiger partial charge in [0, 0.05) is 37.7 Å². The molecule has 21 heavy (non-hydrogen) atoms. The van der Waals surface area contributed by atoms with Crippen LogP contribution in [0.4, 0.5) is 11.4 Å². The van der Waals surface area contributed by atoms with Crippen LogP contribution in [0.15, 0.2) is 18.2 Å². The monoisotopic (exact) mass is 308 g/mol. The number of anilines is 2. The summed E-state index contributed by atoms with van der Waals surface area (Å²) in [5, 5.41) is 11.9. The maximum absolute atomic E-state index is 11.9. The van der Waals surface area contributed by atoms with Crippen molar-refractivity contribution in [2.45, 2.75) is 32.7 Å². The molecule has 0 aliphatic carbocycles. The second kappa shape index (κ2) is 8.50.